The molecule has 0 atom stereocenters. The molecule has 0 aliphatic rings. The summed E-state index contributed by atoms with van der Waals surface area (Å²) in [7, 11) is 0. The number of hydrogen-bond donors (Lipinski definition) is 2. The van der Waals surface area contributed by atoms with Gasteiger partial charge >= 0.3 is 5.69 Å². The molecular weight excluding hydrogens is 316 g/mol. The smallest absolute Gasteiger partial charge is 0.267 e. The summed E-state index contributed by atoms with van der Waals surface area (Å²) in [5.74, 6) is -0.748. The van der Waals surface area contributed by atoms with Gasteiger partial charge in [0.1, 0.15) is 11.7 Å². The van der Waals surface area contributed by atoms with Crippen LogP contribution in [0, 0.1) is 10.1 Å². The van der Waals surface area contributed by atoms with Gasteiger partial charge in [-0.3, -0.25) is 20.0 Å². The second-order valence-corrected chi connectivity index (χ2v) is 4.91. The normalized spacial score (nSPS) is 11.6. The average molecular weight is 328 g/mol. The van der Waals surface area contributed by atoms with Crippen LogP contribution in [0.25, 0.3) is 11.0 Å². The van der Waals surface area contributed by atoms with Crippen molar-refractivity contribution < 1.29 is 9.72 Å². The Balaban J connectivity index is 1.71. The molecule has 11 heteroatoms. The molecule has 2 heterocycles. The summed E-state index contributed by atoms with van der Waals surface area (Å²) in [6.45, 7) is 2.00. The molecule has 0 bridgehead atoms. The minimum Gasteiger partial charge on any atom is -0.267 e. The second-order valence-electron chi connectivity index (χ2n) is 4.91. The van der Waals surface area contributed by atoms with Crippen molar-refractivity contribution in [2.75, 3.05) is 0 Å². The first-order valence-corrected chi connectivity index (χ1v) is 6.85. The van der Waals surface area contributed by atoms with Crippen LogP contribution in [-0.4, -0.2) is 41.7 Å². The lowest BCUT2D eigenvalue weighted by atomic mass is 10.3. The van der Waals surface area contributed by atoms with Gasteiger partial charge < -0.3 is 0 Å². The molecule has 0 saturated heterocycles. The van der Waals surface area contributed by atoms with E-state index in [1.165, 1.54) is 0 Å². The Hall–Kier alpha value is -3.63. The molecule has 0 unspecified atom stereocenters. The number of nitrogens with zero attached hydrogens (tertiary/aromatic N) is 6. The van der Waals surface area contributed by atoms with Gasteiger partial charge in [-0.2, -0.15) is 10.2 Å². The Bertz CT molecular complexity index is 942. The van der Waals surface area contributed by atoms with E-state index in [1.54, 1.807) is 11.6 Å². The summed E-state index contributed by atoms with van der Waals surface area (Å²) in [6, 6.07) is 7.44. The first-order valence-electron chi connectivity index (χ1n) is 6.85. The summed E-state index contributed by atoms with van der Waals surface area (Å²) in [6.07, 6.45) is 0.965. The number of nitro groups is 1. The summed E-state index contributed by atoms with van der Waals surface area (Å²) < 4.78 is 1.64. The van der Waals surface area contributed by atoms with E-state index >= 15 is 0 Å². The quantitative estimate of drug-likeness (QED) is 0.404. The molecule has 0 fully saturated rings. The van der Waals surface area contributed by atoms with Crippen LogP contribution in [0.15, 0.2) is 35.6 Å². The highest BCUT2D eigenvalue weighted by Crippen LogP contribution is 2.14. The topological polar surface area (TPSA) is 144 Å². The van der Waals surface area contributed by atoms with Crippen molar-refractivity contribution >= 4 is 28.3 Å². The van der Waals surface area contributed by atoms with Gasteiger partial charge in [-0.1, -0.05) is 17.3 Å². The zero-order valence-corrected chi connectivity index (χ0v) is 12.5. The molecule has 0 saturated carbocycles. The summed E-state index contributed by atoms with van der Waals surface area (Å²) in [5, 5.41) is 28.5. The van der Waals surface area contributed by atoms with Crippen LogP contribution in [-0.2, 0) is 6.54 Å². The highest BCUT2D eigenvalue weighted by molar-refractivity contribution is 5.96. The van der Waals surface area contributed by atoms with Crippen LogP contribution in [0.4, 0.5) is 5.69 Å². The minimum atomic E-state index is -0.748. The lowest BCUT2D eigenvalue weighted by Gasteiger charge is -2.03. The minimum absolute atomic E-state index is 0.261. The second kappa shape index (κ2) is 6.24. The third-order valence-electron chi connectivity index (χ3n) is 3.19. The monoisotopic (exact) mass is 328 g/mol. The fourth-order valence-corrected chi connectivity index (χ4v) is 2.07. The average Bonchev–Trinajstić information content (AvgIpc) is 3.20. The highest BCUT2D eigenvalue weighted by atomic mass is 16.6. The number of nitrogens with one attached hydrogen (secondary N) is 2. The van der Waals surface area contributed by atoms with E-state index in [2.05, 4.69) is 31.0 Å². The maximum Gasteiger partial charge on any atom is 0.319 e. The molecule has 11 nitrogen and oxygen atoms in total. The summed E-state index contributed by atoms with van der Waals surface area (Å²) in [5.41, 5.74) is 3.71. The Morgan fingerprint density at radius 3 is 3.04 bits per heavy atom. The molecule has 24 heavy (non-hydrogen) atoms. The van der Waals surface area contributed by atoms with Crippen molar-refractivity contribution in [3.63, 3.8) is 0 Å². The first kappa shape index (κ1) is 15.3. The maximum atomic E-state index is 11.9. The number of aromatic nitrogens is 5. The number of benzene rings is 1. The number of amides is 1. The molecule has 2 aromatic heterocycles. The third-order valence-corrected chi connectivity index (χ3v) is 3.19. The van der Waals surface area contributed by atoms with E-state index in [0.29, 0.717) is 12.3 Å². The number of carbonyl (C=O) groups excluding carboxylic acids is 1. The zero-order chi connectivity index (χ0) is 17.1. The largest absolute Gasteiger partial charge is 0.319 e. The van der Waals surface area contributed by atoms with Gasteiger partial charge in [0.2, 0.25) is 5.69 Å². The lowest BCUT2D eigenvalue weighted by molar-refractivity contribution is -0.385. The Labute approximate surface area is 134 Å². The molecule has 0 aliphatic heterocycles. The molecule has 3 aromatic rings. The van der Waals surface area contributed by atoms with E-state index in [4.69, 9.17) is 0 Å². The predicted molar refractivity (Wildman–Crippen MR) is 83.3 cm³/mol. The number of rotatable bonds is 5. The van der Waals surface area contributed by atoms with E-state index in [1.807, 2.05) is 24.3 Å². The van der Waals surface area contributed by atoms with E-state index in [-0.39, 0.29) is 5.69 Å². The number of H-pyrrole nitrogens is 1. The van der Waals surface area contributed by atoms with Gasteiger partial charge in [0.15, 0.2) is 0 Å². The number of hydrogen-bond acceptors (Lipinski definition) is 7. The summed E-state index contributed by atoms with van der Waals surface area (Å²) in [4.78, 5) is 22.0. The molecule has 1 amide bonds. The van der Waals surface area contributed by atoms with Crippen molar-refractivity contribution in [2.45, 2.75) is 13.5 Å². The zero-order valence-electron chi connectivity index (χ0n) is 12.5. The van der Waals surface area contributed by atoms with Gasteiger partial charge in [0, 0.05) is 0 Å². The SMILES string of the molecule is C/C(Cn1nnc2ccccc21)=N\NC(=O)c1[nH]ncc1[N+](=O)[O-]. The van der Waals surface area contributed by atoms with E-state index < -0.39 is 16.5 Å². The van der Waals surface area contributed by atoms with Gasteiger partial charge in [-0.05, 0) is 19.1 Å². The summed E-state index contributed by atoms with van der Waals surface area (Å²) >= 11 is 0. The van der Waals surface area contributed by atoms with Gasteiger partial charge in [-0.25, -0.2) is 10.1 Å². The molecule has 122 valence electrons. The number of fused-ring (bicyclic) bond motifs is 1. The number of hydrazone groups is 1. The molecule has 2 N–H and O–H groups in total. The molecule has 1 aromatic carbocycles. The lowest BCUT2D eigenvalue weighted by Crippen LogP contribution is -2.22. The van der Waals surface area contributed by atoms with Crippen LogP contribution in [0.3, 0.4) is 0 Å². The van der Waals surface area contributed by atoms with E-state index in [0.717, 1.165) is 17.2 Å². The number of carbonyl (C=O) groups is 1. The fourth-order valence-electron chi connectivity index (χ4n) is 2.07. The standard InChI is InChI=1S/C13H12N8O3/c1-8(7-20-10-5-3-2-4-9(10)16-19-20)15-18-13(22)12-11(21(23)24)6-14-17-12/h2-6H,7H2,1H3,(H,14,17)(H,18,22)/b15-8+. The highest BCUT2D eigenvalue weighted by Gasteiger charge is 2.22. The molecule has 0 radical (unpaired) electrons. The molecule has 0 aliphatic carbocycles. The molecule has 0 spiro atoms. The fraction of sp³-hybridized carbons (Fsp3) is 0.154. The van der Waals surface area contributed by atoms with Crippen LogP contribution in [0.1, 0.15) is 17.4 Å². The molecular formula is C13H12N8O3. The van der Waals surface area contributed by atoms with Crippen LogP contribution < -0.4 is 5.43 Å². The Morgan fingerprint density at radius 1 is 1.46 bits per heavy atom. The maximum absolute atomic E-state index is 11.9. The number of para-hydroxylation sites is 1. The van der Waals surface area contributed by atoms with Crippen LogP contribution >= 0.6 is 0 Å². The van der Waals surface area contributed by atoms with Crippen molar-refractivity contribution in [3.8, 4) is 0 Å². The Kier molecular flexibility index (Phi) is 3.97. The van der Waals surface area contributed by atoms with Crippen molar-refractivity contribution in [1.29, 1.82) is 0 Å². The van der Waals surface area contributed by atoms with Crippen LogP contribution in [0.2, 0.25) is 0 Å². The van der Waals surface area contributed by atoms with Crippen molar-refractivity contribution in [3.05, 3.63) is 46.3 Å². The van der Waals surface area contributed by atoms with E-state index in [9.17, 15) is 14.9 Å². The molecule has 3 rings (SSSR count). The Morgan fingerprint density at radius 2 is 2.25 bits per heavy atom. The van der Waals surface area contributed by atoms with Crippen molar-refractivity contribution in [2.24, 2.45) is 5.10 Å². The van der Waals surface area contributed by atoms with Crippen molar-refractivity contribution in [1.82, 2.24) is 30.6 Å². The van der Waals surface area contributed by atoms with Crippen LogP contribution in [0.5, 0.6) is 0 Å². The third kappa shape index (κ3) is 2.95. The van der Waals surface area contributed by atoms with Gasteiger partial charge in [-0.15, -0.1) is 5.10 Å². The first-order chi connectivity index (χ1) is 11.6. The number of aromatic amines is 1. The van der Waals surface area contributed by atoms with Gasteiger partial charge in [0.25, 0.3) is 5.91 Å². The van der Waals surface area contributed by atoms with Gasteiger partial charge in [0.05, 0.1) is 22.7 Å². The predicted octanol–water partition coefficient (Wildman–Crippen LogP) is 0.868.